The zero-order valence-corrected chi connectivity index (χ0v) is 32.5. The molecule has 0 saturated heterocycles. The standard InChI is InChI=1S/C48H48N2O4/c1-31-9-17-43(27-33(31)3)49(41-19-11-37(12-20-41)29-47(51)53-7)45-23-15-39(25-35(45)5)40-16-24-46(36(6)26-40)50(44-18-10-32(2)34(4)28-44)42-21-13-38(14-22-42)30-48(52)54-8/h9-28H,29-30H2,1-8H3. The molecule has 0 aromatic heterocycles. The lowest BCUT2D eigenvalue weighted by molar-refractivity contribution is -0.140. The minimum Gasteiger partial charge on any atom is -0.469 e. The summed E-state index contributed by atoms with van der Waals surface area (Å²) >= 11 is 0. The van der Waals surface area contributed by atoms with E-state index in [-0.39, 0.29) is 24.8 Å². The van der Waals surface area contributed by atoms with E-state index in [2.05, 4.69) is 148 Å². The molecule has 0 aliphatic rings. The summed E-state index contributed by atoms with van der Waals surface area (Å²) in [4.78, 5) is 28.4. The van der Waals surface area contributed by atoms with Crippen LogP contribution in [0.5, 0.6) is 0 Å². The molecule has 0 aliphatic carbocycles. The molecule has 0 bridgehead atoms. The molecule has 0 spiro atoms. The van der Waals surface area contributed by atoms with Crippen LogP contribution >= 0.6 is 0 Å². The van der Waals surface area contributed by atoms with E-state index < -0.39 is 0 Å². The van der Waals surface area contributed by atoms with E-state index in [1.165, 1.54) is 36.5 Å². The average molecular weight is 717 g/mol. The number of aryl methyl sites for hydroxylation is 6. The number of hydrogen-bond acceptors (Lipinski definition) is 6. The summed E-state index contributed by atoms with van der Waals surface area (Å²) in [6.45, 7) is 12.8. The number of anilines is 6. The van der Waals surface area contributed by atoms with Crippen LogP contribution < -0.4 is 9.80 Å². The molecule has 6 aromatic carbocycles. The second-order valence-corrected chi connectivity index (χ2v) is 14.0. The lowest BCUT2D eigenvalue weighted by Gasteiger charge is -2.29. The highest BCUT2D eigenvalue weighted by Crippen LogP contribution is 2.41. The van der Waals surface area contributed by atoms with Gasteiger partial charge in [0.1, 0.15) is 0 Å². The minimum atomic E-state index is -0.257. The maximum Gasteiger partial charge on any atom is 0.309 e. The van der Waals surface area contributed by atoms with E-state index in [9.17, 15) is 9.59 Å². The molecule has 0 heterocycles. The van der Waals surface area contributed by atoms with Crippen molar-refractivity contribution in [2.75, 3.05) is 24.0 Å². The van der Waals surface area contributed by atoms with Gasteiger partial charge in [0.15, 0.2) is 0 Å². The van der Waals surface area contributed by atoms with Gasteiger partial charge in [0.05, 0.1) is 27.1 Å². The highest BCUT2D eigenvalue weighted by molar-refractivity contribution is 5.84. The Morgan fingerprint density at radius 3 is 1.07 bits per heavy atom. The van der Waals surface area contributed by atoms with Gasteiger partial charge >= 0.3 is 11.9 Å². The lowest BCUT2D eigenvalue weighted by atomic mass is 9.98. The average Bonchev–Trinajstić information content (AvgIpc) is 3.17. The van der Waals surface area contributed by atoms with Crippen molar-refractivity contribution in [1.29, 1.82) is 0 Å². The second kappa shape index (κ2) is 16.3. The first kappa shape index (κ1) is 37.6. The van der Waals surface area contributed by atoms with Crippen molar-refractivity contribution in [2.45, 2.75) is 54.4 Å². The SMILES string of the molecule is COC(=O)Cc1ccc(N(c2ccc(C)c(C)c2)c2ccc(-c3ccc(N(c4ccc(CC(=O)OC)cc4)c4ccc(C)c(C)c4)c(C)c3)cc2C)cc1. The molecule has 6 nitrogen and oxygen atoms in total. The molecule has 0 atom stereocenters. The van der Waals surface area contributed by atoms with Crippen LogP contribution in [-0.4, -0.2) is 26.2 Å². The molecule has 0 aliphatic heterocycles. The molecular formula is C48H48N2O4. The summed E-state index contributed by atoms with van der Waals surface area (Å²) in [5, 5.41) is 0. The van der Waals surface area contributed by atoms with Gasteiger partial charge in [0, 0.05) is 34.1 Å². The molecule has 54 heavy (non-hydrogen) atoms. The number of benzene rings is 6. The van der Waals surface area contributed by atoms with Crippen LogP contribution in [0.2, 0.25) is 0 Å². The number of ether oxygens (including phenoxy) is 2. The maximum absolute atomic E-state index is 11.9. The zero-order chi connectivity index (χ0) is 38.5. The zero-order valence-electron chi connectivity index (χ0n) is 32.5. The Hall–Kier alpha value is -6.14. The molecular weight excluding hydrogens is 669 g/mol. The van der Waals surface area contributed by atoms with Crippen molar-refractivity contribution in [2.24, 2.45) is 0 Å². The van der Waals surface area contributed by atoms with E-state index in [1.807, 2.05) is 24.3 Å². The van der Waals surface area contributed by atoms with Gasteiger partial charge in [-0.3, -0.25) is 9.59 Å². The summed E-state index contributed by atoms with van der Waals surface area (Å²) in [6.07, 6.45) is 0.468. The van der Waals surface area contributed by atoms with E-state index in [4.69, 9.17) is 9.47 Å². The molecule has 0 amide bonds. The summed E-state index contributed by atoms with van der Waals surface area (Å²) in [5.74, 6) is -0.514. The number of hydrogen-bond donors (Lipinski definition) is 0. The van der Waals surface area contributed by atoms with E-state index in [1.54, 1.807) is 0 Å². The van der Waals surface area contributed by atoms with Crippen LogP contribution in [-0.2, 0) is 31.9 Å². The highest BCUT2D eigenvalue weighted by atomic mass is 16.5. The van der Waals surface area contributed by atoms with Crippen LogP contribution in [0.3, 0.4) is 0 Å². The van der Waals surface area contributed by atoms with Crippen molar-refractivity contribution in [3.63, 3.8) is 0 Å². The molecule has 0 saturated carbocycles. The number of nitrogens with zero attached hydrogens (tertiary/aromatic N) is 2. The summed E-state index contributed by atoms with van der Waals surface area (Å²) < 4.78 is 9.77. The third-order valence-corrected chi connectivity index (χ3v) is 10.2. The van der Waals surface area contributed by atoms with Gasteiger partial charge in [-0.2, -0.15) is 0 Å². The van der Waals surface area contributed by atoms with Crippen LogP contribution in [0, 0.1) is 41.5 Å². The Bertz CT molecular complexity index is 2140. The van der Waals surface area contributed by atoms with Gasteiger partial charge in [-0.25, -0.2) is 0 Å². The van der Waals surface area contributed by atoms with Crippen LogP contribution in [0.4, 0.5) is 34.1 Å². The second-order valence-electron chi connectivity index (χ2n) is 14.0. The van der Waals surface area contributed by atoms with Crippen molar-refractivity contribution in [1.82, 2.24) is 0 Å². The van der Waals surface area contributed by atoms with Crippen molar-refractivity contribution in [3.05, 3.63) is 166 Å². The molecule has 6 heteroatoms. The van der Waals surface area contributed by atoms with Gasteiger partial charge in [0.2, 0.25) is 0 Å². The van der Waals surface area contributed by atoms with Crippen molar-refractivity contribution in [3.8, 4) is 11.1 Å². The third-order valence-electron chi connectivity index (χ3n) is 10.2. The monoisotopic (exact) mass is 716 g/mol. The molecule has 6 aromatic rings. The first-order valence-corrected chi connectivity index (χ1v) is 18.2. The summed E-state index contributed by atoms with van der Waals surface area (Å²) in [7, 11) is 2.83. The van der Waals surface area contributed by atoms with Crippen LogP contribution in [0.25, 0.3) is 11.1 Å². The van der Waals surface area contributed by atoms with Gasteiger partial charge in [-0.1, -0.05) is 48.5 Å². The topological polar surface area (TPSA) is 59.1 Å². The number of carbonyl (C=O) groups is 2. The number of esters is 2. The molecule has 0 N–H and O–H groups in total. The fourth-order valence-electron chi connectivity index (χ4n) is 6.76. The third kappa shape index (κ3) is 8.24. The summed E-state index contributed by atoms with van der Waals surface area (Å²) in [6, 6.07) is 42.6. The van der Waals surface area contributed by atoms with Crippen LogP contribution in [0.1, 0.15) is 44.5 Å². The predicted octanol–water partition coefficient (Wildman–Crippen LogP) is 11.6. The maximum atomic E-state index is 11.9. The van der Waals surface area contributed by atoms with Gasteiger partial charge in [-0.15, -0.1) is 0 Å². The normalized spacial score (nSPS) is 10.9. The Morgan fingerprint density at radius 2 is 0.759 bits per heavy atom. The number of rotatable bonds is 11. The molecule has 0 fully saturated rings. The van der Waals surface area contributed by atoms with Crippen molar-refractivity contribution >= 4 is 46.1 Å². The highest BCUT2D eigenvalue weighted by Gasteiger charge is 2.19. The fourth-order valence-corrected chi connectivity index (χ4v) is 6.76. The first-order chi connectivity index (χ1) is 25.9. The Kier molecular flexibility index (Phi) is 11.3. The van der Waals surface area contributed by atoms with Crippen LogP contribution in [0.15, 0.2) is 121 Å². The van der Waals surface area contributed by atoms with Gasteiger partial charge in [0.25, 0.3) is 0 Å². The molecule has 0 unspecified atom stereocenters. The smallest absolute Gasteiger partial charge is 0.309 e. The predicted molar refractivity (Wildman–Crippen MR) is 221 cm³/mol. The Morgan fingerprint density at radius 1 is 0.407 bits per heavy atom. The van der Waals surface area contributed by atoms with Gasteiger partial charge in [-0.05, 0) is 170 Å². The fraction of sp³-hybridized carbons (Fsp3) is 0.208. The quantitative estimate of drug-likeness (QED) is 0.124. The van der Waals surface area contributed by atoms with E-state index in [0.717, 1.165) is 67.5 Å². The molecule has 6 rings (SSSR count). The minimum absolute atomic E-state index is 0.234. The number of carbonyl (C=O) groups excluding carboxylic acids is 2. The number of methoxy groups -OCH3 is 2. The largest absolute Gasteiger partial charge is 0.469 e. The lowest BCUT2D eigenvalue weighted by Crippen LogP contribution is -2.12. The van der Waals surface area contributed by atoms with Gasteiger partial charge < -0.3 is 19.3 Å². The Balaban J connectivity index is 1.36. The molecule has 0 radical (unpaired) electrons. The van der Waals surface area contributed by atoms with E-state index in [0.29, 0.717) is 0 Å². The van der Waals surface area contributed by atoms with E-state index >= 15 is 0 Å². The Labute approximate surface area is 319 Å². The van der Waals surface area contributed by atoms with Crippen molar-refractivity contribution < 1.29 is 19.1 Å². The first-order valence-electron chi connectivity index (χ1n) is 18.2. The summed E-state index contributed by atoms with van der Waals surface area (Å²) in [5.41, 5.74) is 17.6. The molecule has 274 valence electrons.